The maximum atomic E-state index is 11.5. The largest absolute Gasteiger partial charge is 0.480 e. The highest BCUT2D eigenvalue weighted by atomic mass is 16.5. The molecular weight excluding hydrogens is 240 g/mol. The predicted octanol–water partition coefficient (Wildman–Crippen LogP) is -0.0653. The first kappa shape index (κ1) is 16.7. The standard InChI is InChI=1S/C11H22N2O5/c1-5-18-11(3,4)6-12-10(17)13-8(7(2)14)9(15)16/h7-8,14H,5-6H2,1-4H3,(H,15,16)(H2,12,13,17). The van der Waals surface area contributed by atoms with Crippen molar-refractivity contribution in [1.82, 2.24) is 10.6 Å². The molecule has 0 saturated heterocycles. The highest BCUT2D eigenvalue weighted by Crippen LogP contribution is 2.06. The summed E-state index contributed by atoms with van der Waals surface area (Å²) in [7, 11) is 0. The van der Waals surface area contributed by atoms with Gasteiger partial charge in [-0.1, -0.05) is 0 Å². The Kier molecular flexibility index (Phi) is 6.64. The average Bonchev–Trinajstić information content (AvgIpc) is 2.22. The maximum absolute atomic E-state index is 11.5. The molecule has 106 valence electrons. The molecule has 0 fully saturated rings. The molecule has 7 nitrogen and oxygen atoms in total. The van der Waals surface area contributed by atoms with Crippen LogP contribution in [0.3, 0.4) is 0 Å². The molecule has 0 radical (unpaired) electrons. The quantitative estimate of drug-likeness (QED) is 0.514. The lowest BCUT2D eigenvalue weighted by Crippen LogP contribution is -2.53. The van der Waals surface area contributed by atoms with Gasteiger partial charge in [0, 0.05) is 13.2 Å². The second-order valence-electron chi connectivity index (χ2n) is 4.58. The van der Waals surface area contributed by atoms with Crippen molar-refractivity contribution in [1.29, 1.82) is 0 Å². The minimum absolute atomic E-state index is 0.235. The summed E-state index contributed by atoms with van der Waals surface area (Å²) in [6, 6.07) is -1.99. The van der Waals surface area contributed by atoms with E-state index >= 15 is 0 Å². The Hall–Kier alpha value is -1.34. The van der Waals surface area contributed by atoms with Crippen molar-refractivity contribution in [3.8, 4) is 0 Å². The number of aliphatic carboxylic acids is 1. The van der Waals surface area contributed by atoms with Gasteiger partial charge in [0.25, 0.3) is 0 Å². The summed E-state index contributed by atoms with van der Waals surface area (Å²) in [5, 5.41) is 22.6. The van der Waals surface area contributed by atoms with Crippen LogP contribution in [-0.4, -0.2) is 53.1 Å². The Morgan fingerprint density at radius 3 is 2.33 bits per heavy atom. The van der Waals surface area contributed by atoms with E-state index in [0.717, 1.165) is 0 Å². The lowest BCUT2D eigenvalue weighted by molar-refractivity contribution is -0.141. The molecule has 0 spiro atoms. The van der Waals surface area contributed by atoms with Crippen molar-refractivity contribution in [2.75, 3.05) is 13.2 Å². The van der Waals surface area contributed by atoms with Crippen molar-refractivity contribution in [2.45, 2.75) is 45.4 Å². The van der Waals surface area contributed by atoms with Crippen molar-refractivity contribution < 1.29 is 24.5 Å². The molecule has 2 atom stereocenters. The number of rotatable bonds is 7. The molecule has 2 amide bonds. The van der Waals surface area contributed by atoms with Gasteiger partial charge in [0.2, 0.25) is 0 Å². The smallest absolute Gasteiger partial charge is 0.328 e. The van der Waals surface area contributed by atoms with Crippen molar-refractivity contribution >= 4 is 12.0 Å². The number of carbonyl (C=O) groups excluding carboxylic acids is 1. The second kappa shape index (κ2) is 7.17. The lowest BCUT2D eigenvalue weighted by atomic mass is 10.1. The minimum atomic E-state index is -1.33. The summed E-state index contributed by atoms with van der Waals surface area (Å²) >= 11 is 0. The van der Waals surface area contributed by atoms with E-state index < -0.39 is 29.7 Å². The Balaban J connectivity index is 4.22. The molecule has 0 aromatic rings. The Bertz CT molecular complexity index is 291. The molecule has 7 heteroatoms. The van der Waals surface area contributed by atoms with Crippen LogP contribution in [0.5, 0.6) is 0 Å². The molecule has 0 aliphatic heterocycles. The number of carboxylic acids is 1. The molecule has 0 aromatic carbocycles. The van der Waals surface area contributed by atoms with E-state index in [-0.39, 0.29) is 6.54 Å². The number of aliphatic hydroxyl groups is 1. The van der Waals surface area contributed by atoms with Gasteiger partial charge in [0.05, 0.1) is 11.7 Å². The highest BCUT2D eigenvalue weighted by Gasteiger charge is 2.26. The van der Waals surface area contributed by atoms with Crippen LogP contribution in [0.1, 0.15) is 27.7 Å². The van der Waals surface area contributed by atoms with E-state index in [9.17, 15) is 14.7 Å². The topological polar surface area (TPSA) is 108 Å². The molecule has 2 unspecified atom stereocenters. The summed E-state index contributed by atoms with van der Waals surface area (Å²) in [6.07, 6.45) is -1.17. The number of ether oxygens (including phenoxy) is 1. The van der Waals surface area contributed by atoms with Gasteiger partial charge >= 0.3 is 12.0 Å². The number of carbonyl (C=O) groups is 2. The van der Waals surface area contributed by atoms with Gasteiger partial charge in [-0.05, 0) is 27.7 Å². The van der Waals surface area contributed by atoms with Crippen LogP contribution in [0.2, 0.25) is 0 Å². The normalized spacial score (nSPS) is 14.7. The molecule has 0 aliphatic rings. The van der Waals surface area contributed by atoms with Gasteiger partial charge in [-0.15, -0.1) is 0 Å². The molecule has 0 bridgehead atoms. The number of amides is 2. The van der Waals surface area contributed by atoms with E-state index in [1.807, 2.05) is 6.92 Å². The van der Waals surface area contributed by atoms with E-state index in [4.69, 9.17) is 9.84 Å². The second-order valence-corrected chi connectivity index (χ2v) is 4.58. The molecule has 18 heavy (non-hydrogen) atoms. The van der Waals surface area contributed by atoms with Gasteiger partial charge in [-0.3, -0.25) is 0 Å². The van der Waals surface area contributed by atoms with E-state index in [1.165, 1.54) is 6.92 Å². The Labute approximate surface area is 107 Å². The van der Waals surface area contributed by atoms with Crippen molar-refractivity contribution in [3.63, 3.8) is 0 Å². The first-order chi connectivity index (χ1) is 8.19. The first-order valence-corrected chi connectivity index (χ1v) is 5.79. The number of hydrogen-bond acceptors (Lipinski definition) is 4. The van der Waals surface area contributed by atoms with Crippen LogP contribution in [0, 0.1) is 0 Å². The van der Waals surface area contributed by atoms with E-state index in [1.54, 1.807) is 13.8 Å². The van der Waals surface area contributed by atoms with Gasteiger partial charge in [-0.2, -0.15) is 0 Å². The fourth-order valence-electron chi connectivity index (χ4n) is 1.32. The summed E-state index contributed by atoms with van der Waals surface area (Å²) in [5.74, 6) is -1.29. The molecule has 0 saturated carbocycles. The van der Waals surface area contributed by atoms with Gasteiger partial charge in [0.1, 0.15) is 0 Å². The predicted molar refractivity (Wildman–Crippen MR) is 65.3 cm³/mol. The monoisotopic (exact) mass is 262 g/mol. The minimum Gasteiger partial charge on any atom is -0.480 e. The maximum Gasteiger partial charge on any atom is 0.328 e. The number of carboxylic acid groups (broad SMARTS) is 1. The fourth-order valence-corrected chi connectivity index (χ4v) is 1.32. The van der Waals surface area contributed by atoms with Crippen molar-refractivity contribution in [3.05, 3.63) is 0 Å². The third-order valence-electron chi connectivity index (χ3n) is 2.24. The third kappa shape index (κ3) is 6.41. The number of nitrogens with one attached hydrogen (secondary N) is 2. The zero-order chi connectivity index (χ0) is 14.3. The van der Waals surface area contributed by atoms with Gasteiger partial charge in [-0.25, -0.2) is 9.59 Å². The third-order valence-corrected chi connectivity index (χ3v) is 2.24. The SMILES string of the molecule is CCOC(C)(C)CNC(=O)NC(C(=O)O)C(C)O. The summed E-state index contributed by atoms with van der Waals surface area (Å²) in [5.41, 5.74) is -0.532. The molecular formula is C11H22N2O5. The highest BCUT2D eigenvalue weighted by molar-refractivity contribution is 5.82. The number of urea groups is 1. The Morgan fingerprint density at radius 2 is 1.94 bits per heavy atom. The first-order valence-electron chi connectivity index (χ1n) is 5.79. The number of hydrogen-bond donors (Lipinski definition) is 4. The van der Waals surface area contributed by atoms with Crippen LogP contribution in [-0.2, 0) is 9.53 Å². The lowest BCUT2D eigenvalue weighted by Gasteiger charge is -2.25. The Morgan fingerprint density at radius 1 is 1.39 bits per heavy atom. The summed E-state index contributed by atoms with van der Waals surface area (Å²) in [4.78, 5) is 22.2. The van der Waals surface area contributed by atoms with Crippen LogP contribution in [0.15, 0.2) is 0 Å². The molecule has 0 rings (SSSR count). The van der Waals surface area contributed by atoms with E-state index in [0.29, 0.717) is 6.61 Å². The molecule has 4 N–H and O–H groups in total. The molecule has 0 aliphatic carbocycles. The summed E-state index contributed by atoms with van der Waals surface area (Å²) in [6.45, 7) is 7.50. The zero-order valence-corrected chi connectivity index (χ0v) is 11.2. The van der Waals surface area contributed by atoms with Crippen LogP contribution >= 0.6 is 0 Å². The number of aliphatic hydroxyl groups excluding tert-OH is 1. The van der Waals surface area contributed by atoms with Gasteiger partial charge in [0.15, 0.2) is 6.04 Å². The van der Waals surface area contributed by atoms with E-state index in [2.05, 4.69) is 10.6 Å². The fraction of sp³-hybridized carbons (Fsp3) is 0.818. The van der Waals surface area contributed by atoms with Crippen LogP contribution in [0.25, 0.3) is 0 Å². The van der Waals surface area contributed by atoms with Crippen LogP contribution < -0.4 is 10.6 Å². The molecule has 0 aromatic heterocycles. The van der Waals surface area contributed by atoms with Crippen molar-refractivity contribution in [2.24, 2.45) is 0 Å². The zero-order valence-electron chi connectivity index (χ0n) is 11.2. The van der Waals surface area contributed by atoms with Gasteiger partial charge < -0.3 is 25.6 Å². The molecule has 0 heterocycles. The van der Waals surface area contributed by atoms with Crippen LogP contribution in [0.4, 0.5) is 4.79 Å². The average molecular weight is 262 g/mol. The summed E-state index contributed by atoms with van der Waals surface area (Å²) < 4.78 is 5.37.